The lowest BCUT2D eigenvalue weighted by molar-refractivity contribution is -0.902. The van der Waals surface area contributed by atoms with Crippen LogP contribution < -0.4 is 10.2 Å². The summed E-state index contributed by atoms with van der Waals surface area (Å²) >= 11 is 9.49. The molecule has 1 heterocycles. The number of fused-ring (bicyclic) bond motifs is 1. The third kappa shape index (κ3) is 4.77. The number of nitro benzene ring substituents is 1. The Labute approximate surface area is 180 Å². The molecule has 3 rings (SSSR count). The summed E-state index contributed by atoms with van der Waals surface area (Å²) < 4.78 is 5.22. The van der Waals surface area contributed by atoms with E-state index in [2.05, 4.69) is 63.3 Å². The molecule has 0 bridgehead atoms. The minimum atomic E-state index is -0.598. The summed E-state index contributed by atoms with van der Waals surface area (Å²) in [6.07, 6.45) is 0. The highest BCUT2D eigenvalue weighted by Crippen LogP contribution is 2.37. The van der Waals surface area contributed by atoms with Gasteiger partial charge in [-0.05, 0) is 16.5 Å². The normalized spacial score (nSPS) is 11.7. The van der Waals surface area contributed by atoms with Crippen LogP contribution in [-0.2, 0) is 11.9 Å². The summed E-state index contributed by atoms with van der Waals surface area (Å²) in [5.41, 5.74) is 2.26. The molecule has 0 saturated carbocycles. The number of alkyl halides is 1. The number of likely N-dealkylation sites (N-methyl/N-ethyl adjacent to an activating group) is 1. The van der Waals surface area contributed by atoms with Crippen molar-refractivity contribution in [2.24, 2.45) is 0 Å². The number of halogens is 2. The Hall–Kier alpha value is -2.43. The van der Waals surface area contributed by atoms with Crippen molar-refractivity contribution in [3.05, 3.63) is 61.8 Å². The average molecular weight is 486 g/mol. The van der Waals surface area contributed by atoms with E-state index in [9.17, 15) is 15.3 Å². The quantitative estimate of drug-likeness (QED) is 0.172. The minimum Gasteiger partial charge on any atom is -0.370 e. The second-order valence-electron chi connectivity index (χ2n) is 7.33. The molecular weight excluding hydrogens is 466 g/mol. The standard InChI is InChI=1S/C18H20BrClN5O4/c1-25(2,11-13-5-3-4-12(8-13)10-19)7-6-21-17-16-15(24(28)29-22-16)9-14(20)18(17)23(26)27/h3-5,8-9,21H,6-7,10-11H2,1-2H3/q+1. The number of anilines is 1. The molecular formula is C18H20BrClN5O4+. The van der Waals surface area contributed by atoms with Gasteiger partial charge in [-0.15, -0.1) is 0 Å². The summed E-state index contributed by atoms with van der Waals surface area (Å²) in [4.78, 5) is 11.1. The lowest BCUT2D eigenvalue weighted by atomic mass is 10.1. The lowest BCUT2D eigenvalue weighted by Gasteiger charge is -2.30. The van der Waals surface area contributed by atoms with Crippen LogP contribution in [-0.4, -0.2) is 41.7 Å². The van der Waals surface area contributed by atoms with Gasteiger partial charge in [0.15, 0.2) is 5.69 Å². The number of rotatable bonds is 8. The molecule has 2 aromatic carbocycles. The van der Waals surface area contributed by atoms with Crippen LogP contribution >= 0.6 is 27.5 Å². The molecule has 0 amide bonds. The fraction of sp³-hybridized carbons (Fsp3) is 0.333. The summed E-state index contributed by atoms with van der Waals surface area (Å²) in [6.45, 7) is 1.87. The van der Waals surface area contributed by atoms with Gasteiger partial charge in [0.1, 0.15) is 11.6 Å². The van der Waals surface area contributed by atoms with Crippen molar-refractivity contribution in [2.45, 2.75) is 11.9 Å². The molecule has 0 aliphatic carbocycles. The Balaban J connectivity index is 1.78. The maximum atomic E-state index is 11.7. The van der Waals surface area contributed by atoms with E-state index in [1.807, 2.05) is 6.07 Å². The van der Waals surface area contributed by atoms with Crippen molar-refractivity contribution in [1.29, 1.82) is 0 Å². The molecule has 0 aliphatic heterocycles. The molecule has 0 radical (unpaired) electrons. The number of nitrogens with one attached hydrogen (secondary N) is 1. The maximum Gasteiger partial charge on any atom is 0.315 e. The Kier molecular flexibility index (Phi) is 6.25. The zero-order valence-corrected chi connectivity index (χ0v) is 18.2. The monoisotopic (exact) mass is 484 g/mol. The summed E-state index contributed by atoms with van der Waals surface area (Å²) in [7, 11) is 4.15. The van der Waals surface area contributed by atoms with E-state index in [0.717, 1.165) is 11.9 Å². The molecule has 29 heavy (non-hydrogen) atoms. The number of quaternary nitrogens is 1. The number of aromatic nitrogens is 2. The van der Waals surface area contributed by atoms with Crippen LogP contribution in [0.5, 0.6) is 0 Å². The highest BCUT2D eigenvalue weighted by molar-refractivity contribution is 9.08. The average Bonchev–Trinajstić information content (AvgIpc) is 3.01. The SMILES string of the molecule is C[N+](C)(CCNc1c([N+](=O)[O-])c(Cl)cc2c1no[n+]2[O-])Cc1cccc(CBr)c1. The van der Waals surface area contributed by atoms with E-state index in [1.54, 1.807) is 0 Å². The second-order valence-corrected chi connectivity index (χ2v) is 8.30. The number of hydrogen-bond acceptors (Lipinski definition) is 6. The Morgan fingerprint density at radius 1 is 1.34 bits per heavy atom. The first-order valence-corrected chi connectivity index (χ1v) is 10.3. The Bertz CT molecular complexity index is 1060. The van der Waals surface area contributed by atoms with Crippen molar-refractivity contribution in [3.63, 3.8) is 0 Å². The smallest absolute Gasteiger partial charge is 0.315 e. The lowest BCUT2D eigenvalue weighted by Crippen LogP contribution is -2.42. The number of hydrogen-bond donors (Lipinski definition) is 1. The molecule has 154 valence electrons. The molecule has 9 nitrogen and oxygen atoms in total. The molecule has 0 spiro atoms. The van der Waals surface area contributed by atoms with Gasteiger partial charge >= 0.3 is 5.69 Å². The van der Waals surface area contributed by atoms with Crippen LogP contribution in [0.3, 0.4) is 0 Å². The van der Waals surface area contributed by atoms with Crippen LogP contribution in [0.25, 0.3) is 11.0 Å². The molecule has 0 fully saturated rings. The Morgan fingerprint density at radius 2 is 2.07 bits per heavy atom. The minimum absolute atomic E-state index is 0.0310. The van der Waals surface area contributed by atoms with Gasteiger partial charge in [-0.2, -0.15) is 0 Å². The Morgan fingerprint density at radius 3 is 2.76 bits per heavy atom. The first-order chi connectivity index (χ1) is 13.7. The fourth-order valence-electron chi connectivity index (χ4n) is 3.18. The van der Waals surface area contributed by atoms with Crippen molar-refractivity contribution < 1.29 is 18.9 Å². The van der Waals surface area contributed by atoms with E-state index in [-0.39, 0.29) is 32.3 Å². The second kappa shape index (κ2) is 8.52. The predicted molar refractivity (Wildman–Crippen MR) is 113 cm³/mol. The third-order valence-electron chi connectivity index (χ3n) is 4.57. The fourth-order valence-corrected chi connectivity index (χ4v) is 3.80. The summed E-state index contributed by atoms with van der Waals surface area (Å²) in [6, 6.07) is 9.49. The zero-order valence-electron chi connectivity index (χ0n) is 15.9. The van der Waals surface area contributed by atoms with Crippen LogP contribution in [0, 0.1) is 15.3 Å². The molecule has 11 heteroatoms. The molecule has 3 aromatic rings. The molecule has 0 atom stereocenters. The molecule has 0 unspecified atom stereocenters. The van der Waals surface area contributed by atoms with E-state index < -0.39 is 4.92 Å². The number of nitrogens with zero attached hydrogens (tertiary/aromatic N) is 4. The van der Waals surface area contributed by atoms with Crippen molar-refractivity contribution in [1.82, 2.24) is 5.16 Å². The first-order valence-electron chi connectivity index (χ1n) is 8.78. The topological polar surface area (TPSA) is 108 Å². The maximum absolute atomic E-state index is 11.7. The van der Waals surface area contributed by atoms with E-state index in [1.165, 1.54) is 17.2 Å². The first kappa shape index (κ1) is 21.3. The summed E-state index contributed by atoms with van der Waals surface area (Å²) in [5, 5.41) is 30.5. The van der Waals surface area contributed by atoms with Crippen LogP contribution in [0.4, 0.5) is 11.4 Å². The molecule has 1 N–H and O–H groups in total. The predicted octanol–water partition coefficient (Wildman–Crippen LogP) is 3.61. The highest BCUT2D eigenvalue weighted by Gasteiger charge is 2.29. The van der Waals surface area contributed by atoms with Crippen molar-refractivity contribution >= 4 is 49.9 Å². The van der Waals surface area contributed by atoms with Gasteiger partial charge in [0.2, 0.25) is 5.52 Å². The molecule has 0 aliphatic rings. The number of benzene rings is 2. The van der Waals surface area contributed by atoms with Gasteiger partial charge in [-0.25, -0.2) is 0 Å². The number of nitro groups is 1. The van der Waals surface area contributed by atoms with Gasteiger partial charge in [-0.1, -0.05) is 45.7 Å². The van der Waals surface area contributed by atoms with Gasteiger partial charge < -0.3 is 15.0 Å². The van der Waals surface area contributed by atoms with E-state index in [0.29, 0.717) is 17.6 Å². The van der Waals surface area contributed by atoms with Crippen molar-refractivity contribution in [3.8, 4) is 0 Å². The summed E-state index contributed by atoms with van der Waals surface area (Å²) in [5.74, 6) is 0. The van der Waals surface area contributed by atoms with Crippen molar-refractivity contribution in [2.75, 3.05) is 32.5 Å². The van der Waals surface area contributed by atoms with E-state index in [4.69, 9.17) is 11.6 Å². The third-order valence-corrected chi connectivity index (χ3v) is 5.50. The van der Waals surface area contributed by atoms with Gasteiger partial charge in [0, 0.05) is 22.1 Å². The molecule has 0 saturated heterocycles. The highest BCUT2D eigenvalue weighted by atomic mass is 79.9. The zero-order chi connectivity index (χ0) is 21.2. The van der Waals surface area contributed by atoms with Crippen LogP contribution in [0.15, 0.2) is 35.0 Å². The molecule has 1 aromatic heterocycles. The largest absolute Gasteiger partial charge is 0.370 e. The van der Waals surface area contributed by atoms with E-state index >= 15 is 0 Å². The van der Waals surface area contributed by atoms with Gasteiger partial charge in [0.25, 0.3) is 5.52 Å². The van der Waals surface area contributed by atoms with Crippen LogP contribution in [0.1, 0.15) is 11.1 Å². The van der Waals surface area contributed by atoms with Gasteiger partial charge in [0.05, 0.1) is 32.1 Å². The van der Waals surface area contributed by atoms with Gasteiger partial charge in [-0.3, -0.25) is 14.7 Å². The van der Waals surface area contributed by atoms with Crippen LogP contribution in [0.2, 0.25) is 5.02 Å².